The number of carbonyl (C=O) groups is 1. The number of hydrogen-bond donors (Lipinski definition) is 1. The van der Waals surface area contributed by atoms with Crippen LogP contribution in [0.25, 0.3) is 0 Å². The third kappa shape index (κ3) is 1.78. The summed E-state index contributed by atoms with van der Waals surface area (Å²) in [5, 5.41) is 0. The fourth-order valence-electron chi connectivity index (χ4n) is 1.89. The van der Waals surface area contributed by atoms with Crippen LogP contribution in [0.4, 0.5) is 0 Å². The molecule has 0 radical (unpaired) electrons. The van der Waals surface area contributed by atoms with E-state index in [1.54, 1.807) is 0 Å². The molecule has 2 atom stereocenters. The second kappa shape index (κ2) is 3.44. The maximum absolute atomic E-state index is 11.3. The molecule has 12 heavy (non-hydrogen) atoms. The quantitative estimate of drug-likeness (QED) is 0.600. The minimum absolute atomic E-state index is 0.101. The summed E-state index contributed by atoms with van der Waals surface area (Å²) in [6.45, 7) is 1.94. The van der Waals surface area contributed by atoms with Crippen LogP contribution in [0.15, 0.2) is 0 Å². The lowest BCUT2D eigenvalue weighted by Gasteiger charge is -2.36. The number of ether oxygens (including phenoxy) is 1. The lowest BCUT2D eigenvalue weighted by Crippen LogP contribution is -2.50. The first kappa shape index (κ1) is 9.52. The van der Waals surface area contributed by atoms with Crippen molar-refractivity contribution in [2.24, 2.45) is 11.7 Å². The van der Waals surface area contributed by atoms with Crippen LogP contribution in [0.2, 0.25) is 0 Å². The average Bonchev–Trinajstić information content (AvgIpc) is 2.02. The van der Waals surface area contributed by atoms with E-state index in [4.69, 9.17) is 10.5 Å². The number of carbonyl (C=O) groups excluding carboxylic acids is 1. The minimum atomic E-state index is -0.356. The molecular formula is C9H17NO2. The minimum Gasteiger partial charge on any atom is -0.469 e. The maximum Gasteiger partial charge on any atom is 0.310 e. The molecule has 0 bridgehead atoms. The van der Waals surface area contributed by atoms with E-state index >= 15 is 0 Å². The van der Waals surface area contributed by atoms with Gasteiger partial charge in [-0.2, -0.15) is 0 Å². The Hall–Kier alpha value is -0.570. The summed E-state index contributed by atoms with van der Waals surface area (Å²) >= 11 is 0. The number of hydrogen-bond acceptors (Lipinski definition) is 3. The molecule has 2 N–H and O–H groups in total. The molecule has 0 aromatic carbocycles. The molecule has 3 heteroatoms. The Morgan fingerprint density at radius 2 is 2.25 bits per heavy atom. The number of esters is 1. The monoisotopic (exact) mass is 171 g/mol. The summed E-state index contributed by atoms with van der Waals surface area (Å²) in [5.41, 5.74) is 5.64. The molecular weight excluding hydrogens is 154 g/mol. The van der Waals surface area contributed by atoms with Crippen LogP contribution in [0.3, 0.4) is 0 Å². The van der Waals surface area contributed by atoms with Crippen LogP contribution in [-0.4, -0.2) is 18.6 Å². The molecule has 1 saturated carbocycles. The summed E-state index contributed by atoms with van der Waals surface area (Å²) in [6.07, 6.45) is 4.01. The highest BCUT2D eigenvalue weighted by atomic mass is 16.5. The van der Waals surface area contributed by atoms with Crippen molar-refractivity contribution in [3.8, 4) is 0 Å². The smallest absolute Gasteiger partial charge is 0.310 e. The zero-order valence-electron chi connectivity index (χ0n) is 7.80. The number of rotatable bonds is 1. The molecule has 0 amide bonds. The van der Waals surface area contributed by atoms with Crippen molar-refractivity contribution in [2.45, 2.75) is 38.1 Å². The molecule has 0 saturated heterocycles. The number of methoxy groups -OCH3 is 1. The van der Waals surface area contributed by atoms with Gasteiger partial charge >= 0.3 is 5.97 Å². The van der Waals surface area contributed by atoms with Crippen LogP contribution in [0, 0.1) is 5.92 Å². The van der Waals surface area contributed by atoms with E-state index < -0.39 is 0 Å². The van der Waals surface area contributed by atoms with Crippen molar-refractivity contribution < 1.29 is 9.53 Å². The fraction of sp³-hybridized carbons (Fsp3) is 0.889. The van der Waals surface area contributed by atoms with Gasteiger partial charge in [-0.1, -0.05) is 12.8 Å². The van der Waals surface area contributed by atoms with Crippen molar-refractivity contribution in [2.75, 3.05) is 7.11 Å². The lowest BCUT2D eigenvalue weighted by molar-refractivity contribution is -0.149. The van der Waals surface area contributed by atoms with Gasteiger partial charge in [-0.25, -0.2) is 0 Å². The normalized spacial score (nSPS) is 36.1. The van der Waals surface area contributed by atoms with E-state index in [2.05, 4.69) is 0 Å². The second-order valence-corrected chi connectivity index (χ2v) is 3.83. The highest BCUT2D eigenvalue weighted by Gasteiger charge is 2.38. The second-order valence-electron chi connectivity index (χ2n) is 3.83. The molecule has 0 heterocycles. The molecule has 3 nitrogen and oxygen atoms in total. The van der Waals surface area contributed by atoms with E-state index in [1.165, 1.54) is 7.11 Å². The Morgan fingerprint density at radius 3 is 2.75 bits per heavy atom. The van der Waals surface area contributed by atoms with E-state index in [0.717, 1.165) is 25.7 Å². The Labute approximate surface area is 73.3 Å². The van der Waals surface area contributed by atoms with Crippen LogP contribution >= 0.6 is 0 Å². The van der Waals surface area contributed by atoms with Gasteiger partial charge < -0.3 is 10.5 Å². The van der Waals surface area contributed by atoms with Crippen molar-refractivity contribution in [1.29, 1.82) is 0 Å². The fourth-order valence-corrected chi connectivity index (χ4v) is 1.89. The summed E-state index contributed by atoms with van der Waals surface area (Å²) < 4.78 is 4.71. The van der Waals surface area contributed by atoms with Gasteiger partial charge in [0, 0.05) is 5.54 Å². The topological polar surface area (TPSA) is 52.3 Å². The van der Waals surface area contributed by atoms with Crippen LogP contribution in [-0.2, 0) is 9.53 Å². The molecule has 1 fully saturated rings. The van der Waals surface area contributed by atoms with Crippen molar-refractivity contribution in [3.05, 3.63) is 0 Å². The van der Waals surface area contributed by atoms with E-state index in [-0.39, 0.29) is 17.4 Å². The van der Waals surface area contributed by atoms with Gasteiger partial charge in [0.2, 0.25) is 0 Å². The van der Waals surface area contributed by atoms with Gasteiger partial charge in [0.15, 0.2) is 0 Å². The maximum atomic E-state index is 11.3. The molecule has 0 aromatic heterocycles. The molecule has 0 unspecified atom stereocenters. The Bertz CT molecular complexity index is 177. The van der Waals surface area contributed by atoms with E-state index in [0.29, 0.717) is 0 Å². The van der Waals surface area contributed by atoms with Gasteiger partial charge in [0.25, 0.3) is 0 Å². The zero-order chi connectivity index (χ0) is 9.19. The lowest BCUT2D eigenvalue weighted by atomic mass is 9.75. The van der Waals surface area contributed by atoms with Crippen LogP contribution in [0.5, 0.6) is 0 Å². The van der Waals surface area contributed by atoms with E-state index in [9.17, 15) is 4.79 Å². The summed E-state index contributed by atoms with van der Waals surface area (Å²) in [5.74, 6) is -0.254. The van der Waals surface area contributed by atoms with Gasteiger partial charge in [-0.05, 0) is 19.8 Å². The van der Waals surface area contributed by atoms with Crippen LogP contribution in [0.1, 0.15) is 32.6 Å². The van der Waals surface area contributed by atoms with Crippen LogP contribution < -0.4 is 5.73 Å². The zero-order valence-corrected chi connectivity index (χ0v) is 7.80. The Morgan fingerprint density at radius 1 is 1.58 bits per heavy atom. The Kier molecular flexibility index (Phi) is 2.73. The first-order valence-corrected chi connectivity index (χ1v) is 4.44. The molecule has 0 aromatic rings. The van der Waals surface area contributed by atoms with Gasteiger partial charge in [0.1, 0.15) is 0 Å². The van der Waals surface area contributed by atoms with Crippen molar-refractivity contribution in [1.82, 2.24) is 0 Å². The average molecular weight is 171 g/mol. The Balaban J connectivity index is 2.66. The first-order valence-electron chi connectivity index (χ1n) is 4.44. The van der Waals surface area contributed by atoms with Crippen molar-refractivity contribution in [3.63, 3.8) is 0 Å². The largest absolute Gasteiger partial charge is 0.469 e. The third-order valence-electron chi connectivity index (χ3n) is 2.74. The summed E-state index contributed by atoms with van der Waals surface area (Å²) in [7, 11) is 1.42. The van der Waals surface area contributed by atoms with Gasteiger partial charge in [-0.3, -0.25) is 4.79 Å². The molecule has 1 aliphatic carbocycles. The molecule has 1 rings (SSSR count). The molecule has 1 aliphatic rings. The summed E-state index contributed by atoms with van der Waals surface area (Å²) in [4.78, 5) is 11.3. The van der Waals surface area contributed by atoms with E-state index in [1.807, 2.05) is 6.92 Å². The summed E-state index contributed by atoms with van der Waals surface area (Å²) in [6, 6.07) is 0. The SMILES string of the molecule is COC(=O)[C@@H]1CCCC[C@]1(C)N. The van der Waals surface area contributed by atoms with Gasteiger partial charge in [0.05, 0.1) is 13.0 Å². The molecule has 70 valence electrons. The molecule has 0 aliphatic heterocycles. The standard InChI is InChI=1S/C9H17NO2/c1-9(10)6-4-3-5-7(9)8(11)12-2/h7H,3-6,10H2,1-2H3/t7-,9-/m0/s1. The number of nitrogens with two attached hydrogens (primary N) is 1. The highest BCUT2D eigenvalue weighted by Crippen LogP contribution is 2.32. The van der Waals surface area contributed by atoms with Gasteiger partial charge in [-0.15, -0.1) is 0 Å². The third-order valence-corrected chi connectivity index (χ3v) is 2.74. The predicted molar refractivity (Wildman–Crippen MR) is 46.6 cm³/mol. The van der Waals surface area contributed by atoms with Crippen molar-refractivity contribution >= 4 is 5.97 Å². The first-order chi connectivity index (χ1) is 5.58. The predicted octanol–water partition coefficient (Wildman–Crippen LogP) is 1.07. The highest BCUT2D eigenvalue weighted by molar-refractivity contribution is 5.74. The molecule has 0 spiro atoms.